The van der Waals surface area contributed by atoms with E-state index >= 15 is 0 Å². The maximum Gasteiger partial charge on any atom is 0.271 e. The summed E-state index contributed by atoms with van der Waals surface area (Å²) in [5, 5.41) is 4.66. The van der Waals surface area contributed by atoms with Gasteiger partial charge < -0.3 is 9.47 Å². The van der Waals surface area contributed by atoms with E-state index in [0.29, 0.717) is 11.5 Å². The van der Waals surface area contributed by atoms with Crippen LogP contribution in [-0.4, -0.2) is 28.6 Å². The van der Waals surface area contributed by atoms with Crippen LogP contribution >= 0.6 is 11.3 Å². The van der Waals surface area contributed by atoms with Gasteiger partial charge in [0.25, 0.3) is 5.91 Å². The number of nitrogens with one attached hydrogen (secondary N) is 1. The molecule has 7 heteroatoms. The minimum Gasteiger partial charge on any atom is -0.485 e. The first-order chi connectivity index (χ1) is 11.8. The molecule has 0 fully saturated rings. The molecular formula is C17H13N3O3S. The van der Waals surface area contributed by atoms with Gasteiger partial charge in [-0.2, -0.15) is 0 Å². The summed E-state index contributed by atoms with van der Waals surface area (Å²) >= 11 is 1.58. The number of amides is 1. The van der Waals surface area contributed by atoms with Gasteiger partial charge in [-0.05, 0) is 29.6 Å². The molecule has 1 atom stereocenters. The number of benzene rings is 1. The molecule has 1 N–H and O–H groups in total. The SMILES string of the molecule is O=C(Nc1nccc(-c2cccs2)n1)C1COc2ccccc2O1. The maximum atomic E-state index is 12.4. The Hall–Kier alpha value is -2.93. The molecule has 4 rings (SSSR count). The summed E-state index contributed by atoms with van der Waals surface area (Å²) in [4.78, 5) is 21.9. The van der Waals surface area contributed by atoms with Crippen LogP contribution in [0.1, 0.15) is 0 Å². The minimum atomic E-state index is -0.742. The molecule has 1 aliphatic heterocycles. The normalized spacial score (nSPS) is 15.8. The third-order valence-electron chi connectivity index (χ3n) is 3.47. The number of carbonyl (C=O) groups excluding carboxylic acids is 1. The van der Waals surface area contributed by atoms with Gasteiger partial charge in [-0.15, -0.1) is 11.3 Å². The zero-order chi connectivity index (χ0) is 16.4. The van der Waals surface area contributed by atoms with E-state index in [-0.39, 0.29) is 18.5 Å². The third-order valence-corrected chi connectivity index (χ3v) is 4.36. The molecule has 0 bridgehead atoms. The number of carbonyl (C=O) groups is 1. The van der Waals surface area contributed by atoms with Crippen LogP contribution in [0.25, 0.3) is 10.6 Å². The predicted octanol–water partition coefficient (Wildman–Crippen LogP) is 2.98. The summed E-state index contributed by atoms with van der Waals surface area (Å²) in [5.74, 6) is 1.09. The Morgan fingerprint density at radius 2 is 2.04 bits per heavy atom. The summed E-state index contributed by atoms with van der Waals surface area (Å²) in [6.45, 7) is 0.146. The Morgan fingerprint density at radius 3 is 2.88 bits per heavy atom. The third kappa shape index (κ3) is 2.93. The Kier molecular flexibility index (Phi) is 3.84. The number of ether oxygens (including phenoxy) is 2. The van der Waals surface area contributed by atoms with Crippen molar-refractivity contribution in [2.45, 2.75) is 6.10 Å². The van der Waals surface area contributed by atoms with Crippen LogP contribution in [0, 0.1) is 0 Å². The molecule has 1 aromatic carbocycles. The van der Waals surface area contributed by atoms with Gasteiger partial charge in [-0.3, -0.25) is 10.1 Å². The highest BCUT2D eigenvalue weighted by molar-refractivity contribution is 7.13. The average molecular weight is 339 g/mol. The van der Waals surface area contributed by atoms with Gasteiger partial charge in [0, 0.05) is 6.20 Å². The number of nitrogens with zero attached hydrogens (tertiary/aromatic N) is 2. The topological polar surface area (TPSA) is 73.3 Å². The molecule has 3 heterocycles. The molecule has 0 spiro atoms. The van der Waals surface area contributed by atoms with E-state index in [9.17, 15) is 4.79 Å². The van der Waals surface area contributed by atoms with E-state index in [4.69, 9.17) is 9.47 Å². The van der Waals surface area contributed by atoms with Crippen LogP contribution in [0.4, 0.5) is 5.95 Å². The first-order valence-corrected chi connectivity index (χ1v) is 8.24. The number of rotatable bonds is 3. The molecule has 0 aliphatic carbocycles. The second-order valence-corrected chi connectivity index (χ2v) is 6.04. The van der Waals surface area contributed by atoms with Crippen molar-refractivity contribution in [1.82, 2.24) is 9.97 Å². The Morgan fingerprint density at radius 1 is 1.17 bits per heavy atom. The Balaban J connectivity index is 1.48. The van der Waals surface area contributed by atoms with Crippen LogP contribution in [0.3, 0.4) is 0 Å². The standard InChI is InChI=1S/C17H13N3O3S/c21-16(14-10-22-12-4-1-2-5-13(12)23-14)20-17-18-8-7-11(19-17)15-6-3-9-24-15/h1-9,14H,10H2,(H,18,19,20,21). The molecule has 1 amide bonds. The summed E-state index contributed by atoms with van der Waals surface area (Å²) in [7, 11) is 0. The molecule has 3 aromatic rings. The minimum absolute atomic E-state index is 0.146. The number of hydrogen-bond acceptors (Lipinski definition) is 6. The predicted molar refractivity (Wildman–Crippen MR) is 90.3 cm³/mol. The monoisotopic (exact) mass is 339 g/mol. The average Bonchev–Trinajstić information content (AvgIpc) is 3.16. The van der Waals surface area contributed by atoms with Gasteiger partial charge in [0.2, 0.25) is 12.1 Å². The highest BCUT2D eigenvalue weighted by atomic mass is 32.1. The maximum absolute atomic E-state index is 12.4. The fourth-order valence-electron chi connectivity index (χ4n) is 2.32. The van der Waals surface area contributed by atoms with Gasteiger partial charge >= 0.3 is 0 Å². The van der Waals surface area contributed by atoms with Crippen molar-refractivity contribution < 1.29 is 14.3 Å². The van der Waals surface area contributed by atoms with Crippen molar-refractivity contribution in [2.75, 3.05) is 11.9 Å². The van der Waals surface area contributed by atoms with Crippen LogP contribution in [0.2, 0.25) is 0 Å². The lowest BCUT2D eigenvalue weighted by molar-refractivity contribution is -0.125. The van der Waals surface area contributed by atoms with Crippen LogP contribution in [0.15, 0.2) is 54.0 Å². The Bertz CT molecular complexity index is 867. The largest absolute Gasteiger partial charge is 0.485 e. The van der Waals surface area contributed by atoms with Crippen LogP contribution in [-0.2, 0) is 4.79 Å². The lowest BCUT2D eigenvalue weighted by Gasteiger charge is -2.25. The molecular weight excluding hydrogens is 326 g/mol. The fourth-order valence-corrected chi connectivity index (χ4v) is 3.02. The van der Waals surface area contributed by atoms with Crippen LogP contribution < -0.4 is 14.8 Å². The first kappa shape index (κ1) is 14.6. The van der Waals surface area contributed by atoms with E-state index in [1.54, 1.807) is 35.7 Å². The number of anilines is 1. The lowest BCUT2D eigenvalue weighted by Crippen LogP contribution is -2.40. The number of aromatic nitrogens is 2. The molecule has 24 heavy (non-hydrogen) atoms. The van der Waals surface area contributed by atoms with Crippen molar-refractivity contribution in [1.29, 1.82) is 0 Å². The van der Waals surface area contributed by atoms with Crippen molar-refractivity contribution in [3.8, 4) is 22.1 Å². The number of hydrogen-bond donors (Lipinski definition) is 1. The lowest BCUT2D eigenvalue weighted by atomic mass is 10.2. The number of para-hydroxylation sites is 2. The van der Waals surface area contributed by atoms with Gasteiger partial charge in [0.15, 0.2) is 11.5 Å². The van der Waals surface area contributed by atoms with Crippen molar-refractivity contribution in [3.63, 3.8) is 0 Å². The zero-order valence-electron chi connectivity index (χ0n) is 12.5. The van der Waals surface area contributed by atoms with E-state index in [2.05, 4.69) is 15.3 Å². The summed E-state index contributed by atoms with van der Waals surface area (Å²) in [5.41, 5.74) is 0.765. The zero-order valence-corrected chi connectivity index (χ0v) is 13.3. The number of thiophene rings is 1. The molecule has 6 nitrogen and oxygen atoms in total. The number of fused-ring (bicyclic) bond motifs is 1. The summed E-state index contributed by atoms with van der Waals surface area (Å²) < 4.78 is 11.2. The van der Waals surface area contributed by atoms with E-state index in [1.807, 2.05) is 29.6 Å². The Labute approximate surface area is 142 Å². The van der Waals surface area contributed by atoms with Crippen molar-refractivity contribution in [3.05, 3.63) is 54.0 Å². The molecule has 0 radical (unpaired) electrons. The molecule has 0 saturated carbocycles. The summed E-state index contributed by atoms with van der Waals surface area (Å²) in [6, 6.07) is 13.0. The second kappa shape index (κ2) is 6.29. The van der Waals surface area contributed by atoms with E-state index in [0.717, 1.165) is 10.6 Å². The first-order valence-electron chi connectivity index (χ1n) is 7.36. The van der Waals surface area contributed by atoms with Crippen molar-refractivity contribution >= 4 is 23.2 Å². The van der Waals surface area contributed by atoms with Crippen molar-refractivity contribution in [2.24, 2.45) is 0 Å². The highest BCUT2D eigenvalue weighted by Gasteiger charge is 2.27. The molecule has 1 unspecified atom stereocenters. The van der Waals surface area contributed by atoms with E-state index in [1.165, 1.54) is 0 Å². The summed E-state index contributed by atoms with van der Waals surface area (Å²) in [6.07, 6.45) is 0.875. The van der Waals surface area contributed by atoms with Crippen LogP contribution in [0.5, 0.6) is 11.5 Å². The van der Waals surface area contributed by atoms with E-state index < -0.39 is 6.10 Å². The fraction of sp³-hybridized carbons (Fsp3) is 0.118. The van der Waals surface area contributed by atoms with Gasteiger partial charge in [-0.1, -0.05) is 18.2 Å². The molecule has 120 valence electrons. The molecule has 2 aromatic heterocycles. The second-order valence-electron chi connectivity index (χ2n) is 5.10. The molecule has 1 aliphatic rings. The quantitative estimate of drug-likeness (QED) is 0.794. The van der Waals surface area contributed by atoms with Gasteiger partial charge in [-0.25, -0.2) is 9.97 Å². The smallest absolute Gasteiger partial charge is 0.271 e. The molecule has 0 saturated heterocycles. The van der Waals surface area contributed by atoms with Gasteiger partial charge in [0.05, 0.1) is 10.6 Å². The highest BCUT2D eigenvalue weighted by Crippen LogP contribution is 2.31. The van der Waals surface area contributed by atoms with Gasteiger partial charge in [0.1, 0.15) is 6.61 Å².